The molecule has 6 heteroatoms. The fourth-order valence-electron chi connectivity index (χ4n) is 0.800. The van der Waals surface area contributed by atoms with E-state index in [2.05, 4.69) is 22.0 Å². The second-order valence-electron chi connectivity index (χ2n) is 2.53. The molecule has 0 unspecified atom stereocenters. The van der Waals surface area contributed by atoms with Crippen LogP contribution in [0.4, 0.5) is 0 Å². The molecule has 0 radical (unpaired) electrons. The van der Waals surface area contributed by atoms with Crippen molar-refractivity contribution in [3.8, 4) is 11.8 Å². The first-order chi connectivity index (χ1) is 7.24. The molecule has 0 aliphatic rings. The van der Waals surface area contributed by atoms with E-state index in [1.807, 2.05) is 0 Å². The van der Waals surface area contributed by atoms with Gasteiger partial charge in [0.05, 0.1) is 6.61 Å². The van der Waals surface area contributed by atoms with Crippen molar-refractivity contribution >= 4 is 28.9 Å². The number of aromatic nitrogens is 2. The van der Waals surface area contributed by atoms with Gasteiger partial charge in [0.15, 0.2) is 0 Å². The molecule has 1 heterocycles. The Kier molecular flexibility index (Phi) is 5.08. The van der Waals surface area contributed by atoms with Crippen LogP contribution in [0.25, 0.3) is 0 Å². The van der Waals surface area contributed by atoms with Gasteiger partial charge in [-0.15, -0.1) is 22.0 Å². The van der Waals surface area contributed by atoms with Crippen molar-refractivity contribution in [1.82, 2.24) is 10.2 Å². The van der Waals surface area contributed by atoms with Gasteiger partial charge in [-0.2, -0.15) is 0 Å². The molecule has 15 heavy (non-hydrogen) atoms. The number of nitrogens with zero attached hydrogens (tertiary/aromatic N) is 2. The van der Waals surface area contributed by atoms with Crippen LogP contribution in [-0.4, -0.2) is 22.8 Å². The Bertz CT molecular complexity index is 394. The Morgan fingerprint density at radius 3 is 3.00 bits per heavy atom. The summed E-state index contributed by atoms with van der Waals surface area (Å²) in [5.41, 5.74) is 0. The SMILES string of the molecule is CC#CCCCOC(=O)c1nnc(Cl)s1. The van der Waals surface area contributed by atoms with Gasteiger partial charge >= 0.3 is 5.97 Å². The van der Waals surface area contributed by atoms with Gasteiger partial charge in [0.1, 0.15) is 0 Å². The van der Waals surface area contributed by atoms with Crippen molar-refractivity contribution in [3.05, 3.63) is 9.47 Å². The number of rotatable bonds is 4. The summed E-state index contributed by atoms with van der Waals surface area (Å²) in [6.45, 7) is 2.11. The smallest absolute Gasteiger partial charge is 0.369 e. The van der Waals surface area contributed by atoms with E-state index in [1.165, 1.54) is 0 Å². The molecule has 0 aliphatic carbocycles. The molecule has 0 bridgehead atoms. The van der Waals surface area contributed by atoms with Crippen molar-refractivity contribution < 1.29 is 9.53 Å². The molecule has 1 rings (SSSR count). The van der Waals surface area contributed by atoms with Gasteiger partial charge in [-0.25, -0.2) is 4.79 Å². The van der Waals surface area contributed by atoms with E-state index in [9.17, 15) is 4.79 Å². The number of halogens is 1. The normalized spacial score (nSPS) is 9.20. The average molecular weight is 245 g/mol. The molecule has 0 saturated heterocycles. The van der Waals surface area contributed by atoms with Crippen LogP contribution in [0.3, 0.4) is 0 Å². The van der Waals surface area contributed by atoms with Crippen LogP contribution in [0.5, 0.6) is 0 Å². The summed E-state index contributed by atoms with van der Waals surface area (Å²) in [6.07, 6.45) is 1.44. The zero-order valence-corrected chi connectivity index (χ0v) is 9.69. The summed E-state index contributed by atoms with van der Waals surface area (Å²) in [7, 11) is 0. The number of hydrogen-bond donors (Lipinski definition) is 0. The van der Waals surface area contributed by atoms with Crippen molar-refractivity contribution in [2.24, 2.45) is 0 Å². The largest absolute Gasteiger partial charge is 0.460 e. The predicted molar refractivity (Wildman–Crippen MR) is 57.9 cm³/mol. The molecule has 0 spiro atoms. The monoisotopic (exact) mass is 244 g/mol. The summed E-state index contributed by atoms with van der Waals surface area (Å²) in [5, 5.41) is 7.25. The van der Waals surface area contributed by atoms with Crippen LogP contribution in [0, 0.1) is 11.8 Å². The van der Waals surface area contributed by atoms with E-state index < -0.39 is 5.97 Å². The Morgan fingerprint density at radius 1 is 1.60 bits per heavy atom. The molecular weight excluding hydrogens is 236 g/mol. The first-order valence-electron chi connectivity index (χ1n) is 4.29. The van der Waals surface area contributed by atoms with Crippen molar-refractivity contribution in [2.75, 3.05) is 6.61 Å². The molecule has 0 amide bonds. The summed E-state index contributed by atoms with van der Waals surface area (Å²) in [6, 6.07) is 0. The van der Waals surface area contributed by atoms with Gasteiger partial charge in [0, 0.05) is 6.42 Å². The Morgan fingerprint density at radius 2 is 2.40 bits per heavy atom. The maximum Gasteiger partial charge on any atom is 0.369 e. The minimum atomic E-state index is -0.483. The van der Waals surface area contributed by atoms with Gasteiger partial charge in [-0.3, -0.25) is 0 Å². The van der Waals surface area contributed by atoms with E-state index in [4.69, 9.17) is 16.3 Å². The lowest BCUT2D eigenvalue weighted by Gasteiger charge is -1.98. The summed E-state index contributed by atoms with van der Waals surface area (Å²) in [5.74, 6) is 5.16. The van der Waals surface area contributed by atoms with E-state index in [1.54, 1.807) is 6.92 Å². The zero-order valence-electron chi connectivity index (χ0n) is 8.12. The highest BCUT2D eigenvalue weighted by molar-refractivity contribution is 7.17. The fourth-order valence-corrected chi connectivity index (χ4v) is 1.52. The predicted octanol–water partition coefficient (Wildman–Crippen LogP) is 2.15. The minimum absolute atomic E-state index is 0.182. The standard InChI is InChI=1S/C9H9ClN2O2S/c1-2-3-4-5-6-14-8(13)7-11-12-9(10)15-7/h4-6H2,1H3. The van der Waals surface area contributed by atoms with Crippen LogP contribution in [0.1, 0.15) is 29.6 Å². The lowest BCUT2D eigenvalue weighted by molar-refractivity contribution is 0.0500. The van der Waals surface area contributed by atoms with Crippen molar-refractivity contribution in [2.45, 2.75) is 19.8 Å². The first-order valence-corrected chi connectivity index (χ1v) is 5.49. The van der Waals surface area contributed by atoms with Crippen LogP contribution >= 0.6 is 22.9 Å². The third kappa shape index (κ3) is 4.28. The van der Waals surface area contributed by atoms with Gasteiger partial charge in [-0.05, 0) is 24.9 Å². The van der Waals surface area contributed by atoms with Crippen LogP contribution < -0.4 is 0 Å². The van der Waals surface area contributed by atoms with Gasteiger partial charge in [-0.1, -0.05) is 11.3 Å². The lowest BCUT2D eigenvalue weighted by atomic mass is 10.3. The molecule has 1 aromatic rings. The fraction of sp³-hybridized carbons (Fsp3) is 0.444. The molecule has 0 N–H and O–H groups in total. The molecule has 1 aromatic heterocycles. The number of ether oxygens (including phenoxy) is 1. The maximum atomic E-state index is 11.3. The molecule has 80 valence electrons. The molecule has 0 atom stereocenters. The Labute approximate surface area is 96.6 Å². The maximum absolute atomic E-state index is 11.3. The Hall–Kier alpha value is -1.12. The average Bonchev–Trinajstić information content (AvgIpc) is 2.64. The van der Waals surface area contributed by atoms with Crippen LogP contribution in [-0.2, 0) is 4.74 Å². The zero-order chi connectivity index (χ0) is 11.1. The summed E-state index contributed by atoms with van der Waals surface area (Å²) >= 11 is 6.53. The number of carbonyl (C=O) groups is 1. The molecular formula is C9H9ClN2O2S. The molecule has 0 saturated carbocycles. The van der Waals surface area contributed by atoms with Crippen molar-refractivity contribution in [3.63, 3.8) is 0 Å². The third-order valence-corrected chi connectivity index (χ3v) is 2.43. The second-order valence-corrected chi connectivity index (χ2v) is 4.09. The topological polar surface area (TPSA) is 52.1 Å². The van der Waals surface area contributed by atoms with Gasteiger partial charge in [0.2, 0.25) is 9.47 Å². The van der Waals surface area contributed by atoms with E-state index in [0.29, 0.717) is 6.61 Å². The van der Waals surface area contributed by atoms with Gasteiger partial charge < -0.3 is 4.74 Å². The van der Waals surface area contributed by atoms with Crippen LogP contribution in [0.15, 0.2) is 0 Å². The van der Waals surface area contributed by atoms with Gasteiger partial charge in [0.25, 0.3) is 0 Å². The Balaban J connectivity index is 2.27. The highest BCUT2D eigenvalue weighted by atomic mass is 35.5. The highest BCUT2D eigenvalue weighted by Crippen LogP contribution is 2.15. The second kappa shape index (κ2) is 6.38. The molecule has 0 fully saturated rings. The molecule has 0 aliphatic heterocycles. The number of hydrogen-bond acceptors (Lipinski definition) is 5. The molecule has 0 aromatic carbocycles. The number of esters is 1. The number of unbranched alkanes of at least 4 members (excludes halogenated alkanes) is 1. The van der Waals surface area contributed by atoms with E-state index in [0.717, 1.165) is 24.2 Å². The lowest BCUT2D eigenvalue weighted by Crippen LogP contribution is -2.05. The van der Waals surface area contributed by atoms with Crippen LogP contribution in [0.2, 0.25) is 4.47 Å². The highest BCUT2D eigenvalue weighted by Gasteiger charge is 2.12. The first kappa shape index (κ1) is 12.0. The van der Waals surface area contributed by atoms with E-state index in [-0.39, 0.29) is 9.47 Å². The van der Waals surface area contributed by atoms with Crippen molar-refractivity contribution in [1.29, 1.82) is 0 Å². The van der Waals surface area contributed by atoms with E-state index >= 15 is 0 Å². The third-order valence-electron chi connectivity index (χ3n) is 1.43. The minimum Gasteiger partial charge on any atom is -0.460 e. The molecule has 4 nitrogen and oxygen atoms in total. The quantitative estimate of drug-likeness (QED) is 0.463. The summed E-state index contributed by atoms with van der Waals surface area (Å²) in [4.78, 5) is 11.3. The summed E-state index contributed by atoms with van der Waals surface area (Å²) < 4.78 is 5.17. The number of carbonyl (C=O) groups excluding carboxylic acids is 1.